The van der Waals surface area contributed by atoms with Crippen molar-refractivity contribution in [3.63, 3.8) is 0 Å². The summed E-state index contributed by atoms with van der Waals surface area (Å²) in [5.74, 6) is 0. The van der Waals surface area contributed by atoms with Gasteiger partial charge in [-0.15, -0.1) is 0 Å². The number of rotatable bonds is 3. The fourth-order valence-electron chi connectivity index (χ4n) is 2.12. The van der Waals surface area contributed by atoms with Crippen molar-refractivity contribution >= 4 is 34.7 Å². The monoisotopic (exact) mass is 362 g/mol. The predicted molar refractivity (Wildman–Crippen MR) is 99.9 cm³/mol. The Morgan fingerprint density at radius 2 is 1.83 bits per heavy atom. The molecule has 0 amide bonds. The number of aliphatic imine (C=N–C) groups is 1. The second-order valence-electron chi connectivity index (χ2n) is 5.32. The number of anilines is 1. The first-order valence-electron chi connectivity index (χ1n) is 7.71. The molecule has 1 N–H and O–H groups in total. The van der Waals surface area contributed by atoms with Crippen LogP contribution in [0.15, 0.2) is 65.7 Å². The van der Waals surface area contributed by atoms with Crippen molar-refractivity contribution in [1.29, 1.82) is 0 Å². The molecule has 5 nitrogen and oxygen atoms in total. The van der Waals surface area contributed by atoms with Gasteiger partial charge in [0.2, 0.25) is 0 Å². The average molecular weight is 362 g/mol. The summed E-state index contributed by atoms with van der Waals surface area (Å²) in [6, 6.07) is 19.1. The number of nitrogens with one attached hydrogen (secondary N) is 1. The van der Waals surface area contributed by atoms with Crippen LogP contribution in [0.1, 0.15) is 13.3 Å². The quantitative estimate of drug-likeness (QED) is 0.447. The van der Waals surface area contributed by atoms with Gasteiger partial charge in [-0.1, -0.05) is 36.4 Å². The lowest BCUT2D eigenvalue weighted by atomic mass is 10.3. The van der Waals surface area contributed by atoms with Crippen LogP contribution in [0.2, 0.25) is 0 Å². The third kappa shape index (κ3) is 4.95. The molecule has 1 heterocycles. The molecular formula is C17H19N2O3PS. The van der Waals surface area contributed by atoms with Gasteiger partial charge in [-0.2, -0.15) is 0 Å². The fraction of sp³-hybridized carbons (Fsp3) is 0.235. The molecular weight excluding hydrogens is 343 g/mol. The molecule has 24 heavy (non-hydrogen) atoms. The Morgan fingerprint density at radius 1 is 1.17 bits per heavy atom. The van der Waals surface area contributed by atoms with E-state index in [-0.39, 0.29) is 6.10 Å². The highest BCUT2D eigenvalue weighted by Crippen LogP contribution is 2.63. The average Bonchev–Trinajstić information content (AvgIpc) is 2.56. The van der Waals surface area contributed by atoms with Crippen LogP contribution in [0.3, 0.4) is 0 Å². The van der Waals surface area contributed by atoms with E-state index in [9.17, 15) is 4.57 Å². The molecule has 0 saturated carbocycles. The van der Waals surface area contributed by atoms with Gasteiger partial charge in [-0.3, -0.25) is 4.52 Å². The normalized spacial score (nSPS) is 24.5. The summed E-state index contributed by atoms with van der Waals surface area (Å²) in [4.78, 5) is 4.55. The van der Waals surface area contributed by atoms with E-state index in [4.69, 9.17) is 9.05 Å². The van der Waals surface area contributed by atoms with Crippen molar-refractivity contribution in [2.45, 2.75) is 19.4 Å². The lowest BCUT2D eigenvalue weighted by Crippen LogP contribution is -2.17. The number of hydrogen-bond acceptors (Lipinski definition) is 5. The van der Waals surface area contributed by atoms with Crippen LogP contribution >= 0.6 is 18.2 Å². The minimum Gasteiger partial charge on any atom is -0.334 e. The zero-order valence-electron chi connectivity index (χ0n) is 13.3. The second kappa shape index (κ2) is 7.99. The highest BCUT2D eigenvalue weighted by Gasteiger charge is 2.34. The van der Waals surface area contributed by atoms with E-state index in [0.717, 1.165) is 29.2 Å². The molecule has 7 heteroatoms. The van der Waals surface area contributed by atoms with Crippen molar-refractivity contribution in [3.05, 3.63) is 60.7 Å². The van der Waals surface area contributed by atoms with Crippen molar-refractivity contribution in [2.75, 3.05) is 11.9 Å². The summed E-state index contributed by atoms with van der Waals surface area (Å²) in [5, 5.41) is 3.67. The van der Waals surface area contributed by atoms with Crippen LogP contribution in [0, 0.1) is 0 Å². The Bertz CT molecular complexity index is 740. The molecule has 0 unspecified atom stereocenters. The zero-order chi connectivity index (χ0) is 16.8. The van der Waals surface area contributed by atoms with E-state index in [1.165, 1.54) is 0 Å². The number of para-hydroxylation sites is 2. The van der Waals surface area contributed by atoms with Crippen LogP contribution < -0.4 is 5.32 Å². The smallest absolute Gasteiger partial charge is 0.334 e. The highest BCUT2D eigenvalue weighted by atomic mass is 32.7. The maximum absolute atomic E-state index is 12.8. The molecule has 2 atom stereocenters. The number of nitrogens with zero attached hydrogens (tertiary/aromatic N) is 1. The number of benzene rings is 2. The number of amidine groups is 1. The molecule has 1 saturated heterocycles. The molecule has 1 fully saturated rings. The van der Waals surface area contributed by atoms with Gasteiger partial charge in [0.1, 0.15) is 0 Å². The van der Waals surface area contributed by atoms with Crippen LogP contribution in [-0.2, 0) is 13.6 Å². The predicted octanol–water partition coefficient (Wildman–Crippen LogP) is 5.45. The molecule has 0 aromatic heterocycles. The minimum absolute atomic E-state index is 0.0909. The van der Waals surface area contributed by atoms with Gasteiger partial charge >= 0.3 is 6.80 Å². The SMILES string of the molecule is C[C@@H]1CCO[P@@](=O)(SC(=Nc2ccccc2)Nc2ccccc2)O1. The van der Waals surface area contributed by atoms with Crippen LogP contribution in [0.25, 0.3) is 0 Å². The van der Waals surface area contributed by atoms with E-state index < -0.39 is 6.80 Å². The van der Waals surface area contributed by atoms with Crippen molar-refractivity contribution in [3.8, 4) is 0 Å². The Balaban J connectivity index is 1.84. The molecule has 0 aliphatic carbocycles. The van der Waals surface area contributed by atoms with Crippen LogP contribution in [0.5, 0.6) is 0 Å². The minimum atomic E-state index is -3.28. The number of hydrogen-bond donors (Lipinski definition) is 1. The van der Waals surface area contributed by atoms with E-state index in [1.54, 1.807) is 0 Å². The first-order chi connectivity index (χ1) is 11.6. The summed E-state index contributed by atoms with van der Waals surface area (Å²) in [7, 11) is 0. The lowest BCUT2D eigenvalue weighted by Gasteiger charge is -2.27. The van der Waals surface area contributed by atoms with Gasteiger partial charge in [0.25, 0.3) is 0 Å². The standard InChI is InChI=1S/C17H19N2O3PS/c1-14-12-13-21-23(20,22-14)24-17(18-15-8-4-2-5-9-15)19-16-10-6-3-7-11-16/h2-11,14H,12-13H2,1H3,(H,18,19)/t14-,23-/m1/s1. The Labute approximate surface area is 145 Å². The molecule has 3 rings (SSSR count). The maximum atomic E-state index is 12.8. The van der Waals surface area contributed by atoms with Gasteiger partial charge in [-0.05, 0) is 37.6 Å². The van der Waals surface area contributed by atoms with Crippen LogP contribution in [-0.4, -0.2) is 17.9 Å². The van der Waals surface area contributed by atoms with Crippen LogP contribution in [0.4, 0.5) is 11.4 Å². The van der Waals surface area contributed by atoms with Gasteiger partial charge < -0.3 is 9.84 Å². The molecule has 0 radical (unpaired) electrons. The van der Waals surface area contributed by atoms with Gasteiger partial charge in [-0.25, -0.2) is 9.56 Å². The van der Waals surface area contributed by atoms with Gasteiger partial charge in [0, 0.05) is 17.1 Å². The molecule has 126 valence electrons. The molecule has 2 aromatic rings. The second-order valence-corrected chi connectivity index (χ2v) is 9.14. The fourth-order valence-corrected chi connectivity index (χ4v) is 5.52. The first kappa shape index (κ1) is 17.2. The first-order valence-corrected chi connectivity index (χ1v) is 10.7. The summed E-state index contributed by atoms with van der Waals surface area (Å²) >= 11 is 1.01. The summed E-state index contributed by atoms with van der Waals surface area (Å²) in [5.41, 5.74) is 1.62. The van der Waals surface area contributed by atoms with Crippen molar-refractivity contribution in [2.24, 2.45) is 4.99 Å². The molecule has 2 aromatic carbocycles. The van der Waals surface area contributed by atoms with E-state index in [1.807, 2.05) is 67.6 Å². The largest absolute Gasteiger partial charge is 0.397 e. The van der Waals surface area contributed by atoms with Crippen molar-refractivity contribution in [1.82, 2.24) is 0 Å². The Morgan fingerprint density at radius 3 is 2.50 bits per heavy atom. The molecule has 0 bridgehead atoms. The van der Waals surface area contributed by atoms with E-state index >= 15 is 0 Å². The zero-order valence-corrected chi connectivity index (χ0v) is 15.0. The highest BCUT2D eigenvalue weighted by molar-refractivity contribution is 8.62. The molecule has 1 aliphatic heterocycles. The molecule has 1 aliphatic rings. The Kier molecular flexibility index (Phi) is 5.74. The van der Waals surface area contributed by atoms with Gasteiger partial charge in [0.15, 0.2) is 5.17 Å². The van der Waals surface area contributed by atoms with Crippen molar-refractivity contribution < 1.29 is 13.6 Å². The molecule has 0 spiro atoms. The third-order valence-corrected chi connectivity index (χ3v) is 6.76. The van der Waals surface area contributed by atoms with Gasteiger partial charge in [0.05, 0.1) is 18.4 Å². The summed E-state index contributed by atoms with van der Waals surface area (Å²) in [6.45, 7) is -0.953. The Hall–Kier alpha value is -1.59. The third-order valence-electron chi connectivity index (χ3n) is 3.29. The lowest BCUT2D eigenvalue weighted by molar-refractivity contribution is 0.104. The van der Waals surface area contributed by atoms with E-state index in [2.05, 4.69) is 10.3 Å². The maximum Gasteiger partial charge on any atom is 0.397 e. The summed E-state index contributed by atoms with van der Waals surface area (Å²) < 4.78 is 23.8. The summed E-state index contributed by atoms with van der Waals surface area (Å²) in [6.07, 6.45) is 0.647. The van der Waals surface area contributed by atoms with E-state index in [0.29, 0.717) is 11.8 Å². The topological polar surface area (TPSA) is 59.9 Å².